The summed E-state index contributed by atoms with van der Waals surface area (Å²) in [5.41, 5.74) is 2.53. The predicted molar refractivity (Wildman–Crippen MR) is 126 cm³/mol. The van der Waals surface area contributed by atoms with Crippen LogP contribution in [0.5, 0.6) is 0 Å². The number of aromatic nitrogens is 2. The molecular weight excluding hydrogens is 419 g/mol. The Morgan fingerprint density at radius 2 is 1.82 bits per heavy atom. The van der Waals surface area contributed by atoms with Crippen molar-refractivity contribution in [2.45, 2.75) is 25.4 Å². The van der Waals surface area contributed by atoms with Crippen molar-refractivity contribution in [2.24, 2.45) is 0 Å². The smallest absolute Gasteiger partial charge is 0.243 e. The SMILES string of the molecule is C=CCN(CC=C)C(=O)Cn1c([C@H]2CC(=O)N(Cc3ccc(F)cc3)C2)nc2ccccc21. The summed E-state index contributed by atoms with van der Waals surface area (Å²) in [5, 5.41) is 0. The lowest BCUT2D eigenvalue weighted by Crippen LogP contribution is -2.34. The second-order valence-corrected chi connectivity index (χ2v) is 8.22. The molecule has 0 radical (unpaired) electrons. The van der Waals surface area contributed by atoms with Crippen LogP contribution in [-0.2, 0) is 22.7 Å². The lowest BCUT2D eigenvalue weighted by atomic mass is 10.1. The zero-order valence-corrected chi connectivity index (χ0v) is 18.5. The molecule has 2 amide bonds. The minimum atomic E-state index is -0.301. The Morgan fingerprint density at radius 3 is 2.52 bits per heavy atom. The molecule has 1 aromatic heterocycles. The van der Waals surface area contributed by atoms with Crippen LogP contribution in [0.3, 0.4) is 0 Å². The summed E-state index contributed by atoms with van der Waals surface area (Å²) < 4.78 is 15.2. The van der Waals surface area contributed by atoms with Crippen LogP contribution in [0.15, 0.2) is 73.8 Å². The lowest BCUT2D eigenvalue weighted by molar-refractivity contribution is -0.130. The molecule has 1 aliphatic rings. The third-order valence-electron chi connectivity index (χ3n) is 5.90. The van der Waals surface area contributed by atoms with Gasteiger partial charge in [0.15, 0.2) is 0 Å². The van der Waals surface area contributed by atoms with Gasteiger partial charge >= 0.3 is 0 Å². The van der Waals surface area contributed by atoms with Gasteiger partial charge in [0.1, 0.15) is 18.2 Å². The molecule has 170 valence electrons. The molecule has 4 rings (SSSR count). The number of carbonyl (C=O) groups excluding carboxylic acids is 2. The van der Waals surface area contributed by atoms with Crippen LogP contribution in [0.4, 0.5) is 4.39 Å². The van der Waals surface area contributed by atoms with Crippen molar-refractivity contribution in [2.75, 3.05) is 19.6 Å². The summed E-state index contributed by atoms with van der Waals surface area (Å²) >= 11 is 0. The normalized spacial score (nSPS) is 15.7. The average molecular weight is 447 g/mol. The summed E-state index contributed by atoms with van der Waals surface area (Å²) in [6.45, 7) is 9.38. The van der Waals surface area contributed by atoms with Crippen molar-refractivity contribution in [1.29, 1.82) is 0 Å². The van der Waals surface area contributed by atoms with Crippen molar-refractivity contribution in [3.8, 4) is 0 Å². The first-order chi connectivity index (χ1) is 16.0. The quantitative estimate of drug-likeness (QED) is 0.469. The highest BCUT2D eigenvalue weighted by Gasteiger charge is 2.34. The molecule has 0 saturated carbocycles. The number of amides is 2. The molecule has 1 atom stereocenters. The van der Waals surface area contributed by atoms with Gasteiger partial charge in [-0.15, -0.1) is 13.2 Å². The Balaban J connectivity index is 1.60. The van der Waals surface area contributed by atoms with Gasteiger partial charge in [-0.1, -0.05) is 36.4 Å². The Labute approximate surface area is 192 Å². The van der Waals surface area contributed by atoms with Crippen LogP contribution in [-0.4, -0.2) is 50.8 Å². The molecule has 3 aromatic rings. The Hall–Kier alpha value is -3.74. The molecule has 0 bridgehead atoms. The molecule has 2 aromatic carbocycles. The molecule has 1 fully saturated rings. The second-order valence-electron chi connectivity index (χ2n) is 8.22. The van der Waals surface area contributed by atoms with Crippen molar-refractivity contribution >= 4 is 22.8 Å². The topological polar surface area (TPSA) is 58.4 Å². The van der Waals surface area contributed by atoms with E-state index in [-0.39, 0.29) is 30.1 Å². The number of imidazole rings is 1. The van der Waals surface area contributed by atoms with Gasteiger partial charge < -0.3 is 14.4 Å². The van der Waals surface area contributed by atoms with E-state index in [1.54, 1.807) is 34.1 Å². The predicted octanol–water partition coefficient (Wildman–Crippen LogP) is 3.89. The summed E-state index contributed by atoms with van der Waals surface area (Å²) in [4.78, 5) is 34.1. The second kappa shape index (κ2) is 9.81. The van der Waals surface area contributed by atoms with Crippen LogP contribution in [0, 0.1) is 5.82 Å². The third kappa shape index (κ3) is 4.87. The van der Waals surface area contributed by atoms with Crippen LogP contribution in [0.1, 0.15) is 23.7 Å². The van der Waals surface area contributed by atoms with Gasteiger partial charge in [-0.05, 0) is 29.8 Å². The molecular formula is C26H27FN4O2. The van der Waals surface area contributed by atoms with Crippen molar-refractivity contribution in [1.82, 2.24) is 19.4 Å². The number of halogens is 1. The van der Waals surface area contributed by atoms with Crippen LogP contribution in [0.25, 0.3) is 11.0 Å². The van der Waals surface area contributed by atoms with Gasteiger partial charge in [0.25, 0.3) is 0 Å². The Kier molecular flexibility index (Phi) is 6.68. The number of rotatable bonds is 9. The highest BCUT2D eigenvalue weighted by atomic mass is 19.1. The Bertz CT molecular complexity index is 1170. The van der Waals surface area contributed by atoms with Crippen molar-refractivity contribution in [3.63, 3.8) is 0 Å². The number of hydrogen-bond acceptors (Lipinski definition) is 3. The summed E-state index contributed by atoms with van der Waals surface area (Å²) in [7, 11) is 0. The van der Waals surface area contributed by atoms with Crippen LogP contribution in [0.2, 0.25) is 0 Å². The van der Waals surface area contributed by atoms with Crippen molar-refractivity contribution in [3.05, 3.63) is 91.0 Å². The Morgan fingerprint density at radius 1 is 1.12 bits per heavy atom. The first kappa shape index (κ1) is 22.5. The highest BCUT2D eigenvalue weighted by Crippen LogP contribution is 2.31. The number of benzene rings is 2. The van der Waals surface area contributed by atoms with E-state index >= 15 is 0 Å². The number of fused-ring (bicyclic) bond motifs is 1. The number of likely N-dealkylation sites (tertiary alicyclic amines) is 1. The maximum atomic E-state index is 13.2. The van der Waals surface area contributed by atoms with E-state index in [0.717, 1.165) is 22.4 Å². The number of para-hydroxylation sites is 2. The third-order valence-corrected chi connectivity index (χ3v) is 5.90. The summed E-state index contributed by atoms with van der Waals surface area (Å²) in [6, 6.07) is 13.9. The van der Waals surface area contributed by atoms with E-state index in [9.17, 15) is 14.0 Å². The summed E-state index contributed by atoms with van der Waals surface area (Å²) in [5.74, 6) is 0.257. The van der Waals surface area contributed by atoms with E-state index in [0.29, 0.717) is 32.6 Å². The fraction of sp³-hybridized carbons (Fsp3) is 0.269. The zero-order valence-electron chi connectivity index (χ0n) is 18.5. The molecule has 1 aliphatic heterocycles. The molecule has 7 heteroatoms. The minimum Gasteiger partial charge on any atom is -0.338 e. The van der Waals surface area contributed by atoms with Gasteiger partial charge in [-0.3, -0.25) is 9.59 Å². The molecule has 0 unspecified atom stereocenters. The standard InChI is InChI=1S/C26H27FN4O2/c1-3-13-29(14-4-2)25(33)18-31-23-8-6-5-7-22(23)28-26(31)20-15-24(32)30(17-20)16-19-9-11-21(27)12-10-19/h3-12,20H,1-2,13-18H2/t20-/m0/s1. The molecule has 0 N–H and O–H groups in total. The fourth-order valence-corrected chi connectivity index (χ4v) is 4.31. The van der Waals surface area contributed by atoms with Gasteiger partial charge in [-0.25, -0.2) is 9.37 Å². The largest absolute Gasteiger partial charge is 0.338 e. The average Bonchev–Trinajstić information content (AvgIpc) is 3.35. The number of carbonyl (C=O) groups is 2. The van der Waals surface area contributed by atoms with Gasteiger partial charge in [0.05, 0.1) is 11.0 Å². The molecule has 6 nitrogen and oxygen atoms in total. The molecule has 33 heavy (non-hydrogen) atoms. The van der Waals surface area contributed by atoms with Crippen LogP contribution < -0.4 is 0 Å². The van der Waals surface area contributed by atoms with Gasteiger partial charge in [0, 0.05) is 38.5 Å². The van der Waals surface area contributed by atoms with E-state index in [1.807, 2.05) is 28.8 Å². The zero-order chi connectivity index (χ0) is 23.4. The molecule has 0 aliphatic carbocycles. The molecule has 0 spiro atoms. The van der Waals surface area contributed by atoms with Crippen LogP contribution >= 0.6 is 0 Å². The maximum Gasteiger partial charge on any atom is 0.243 e. The molecule has 1 saturated heterocycles. The lowest BCUT2D eigenvalue weighted by Gasteiger charge is -2.21. The van der Waals surface area contributed by atoms with E-state index in [2.05, 4.69) is 13.2 Å². The first-order valence-corrected chi connectivity index (χ1v) is 11.0. The highest BCUT2D eigenvalue weighted by molar-refractivity contribution is 5.83. The number of nitrogens with zero attached hydrogens (tertiary/aromatic N) is 4. The maximum absolute atomic E-state index is 13.2. The van der Waals surface area contributed by atoms with Crippen molar-refractivity contribution < 1.29 is 14.0 Å². The number of hydrogen-bond donors (Lipinski definition) is 0. The van der Waals surface area contributed by atoms with Gasteiger partial charge in [0.2, 0.25) is 11.8 Å². The van der Waals surface area contributed by atoms with E-state index in [4.69, 9.17) is 4.98 Å². The monoisotopic (exact) mass is 446 g/mol. The minimum absolute atomic E-state index is 0.0224. The summed E-state index contributed by atoms with van der Waals surface area (Å²) in [6.07, 6.45) is 3.70. The molecule has 2 heterocycles. The fourth-order valence-electron chi connectivity index (χ4n) is 4.31. The van der Waals surface area contributed by atoms with Gasteiger partial charge in [-0.2, -0.15) is 0 Å². The van der Waals surface area contributed by atoms with E-state index < -0.39 is 0 Å². The van der Waals surface area contributed by atoms with E-state index in [1.165, 1.54) is 12.1 Å². The first-order valence-electron chi connectivity index (χ1n) is 11.0.